The maximum atomic E-state index is 12.3. The lowest BCUT2D eigenvalue weighted by Gasteiger charge is -2.15. The Kier molecular flexibility index (Phi) is 5.24. The van der Waals surface area contributed by atoms with Crippen LogP contribution in [0.15, 0.2) is 42.5 Å². The first-order valence-corrected chi connectivity index (χ1v) is 8.82. The molecule has 134 valence electrons. The van der Waals surface area contributed by atoms with Crippen molar-refractivity contribution in [2.45, 2.75) is 13.5 Å². The van der Waals surface area contributed by atoms with Crippen molar-refractivity contribution in [3.8, 4) is 0 Å². The lowest BCUT2D eigenvalue weighted by Crippen LogP contribution is -2.30. The number of nitro groups is 1. The van der Waals surface area contributed by atoms with E-state index in [1.807, 2.05) is 36.2 Å². The molecule has 0 spiro atoms. The molecule has 2 aromatic carbocycles. The largest absolute Gasteiger partial charge is 0.325 e. The van der Waals surface area contributed by atoms with Gasteiger partial charge < -0.3 is 5.32 Å². The molecule has 26 heavy (non-hydrogen) atoms. The number of amides is 1. The molecule has 1 heterocycles. The molecule has 0 unspecified atom stereocenters. The number of para-hydroxylation sites is 1. The van der Waals surface area contributed by atoms with Crippen LogP contribution in [0, 0.1) is 17.0 Å². The molecule has 0 saturated heterocycles. The number of non-ortho nitro benzene ring substituents is 1. The zero-order valence-electron chi connectivity index (χ0n) is 14.4. The fraction of sp³-hybridized carbons (Fsp3) is 0.222. The first-order valence-electron chi connectivity index (χ1n) is 8.00. The smallest absolute Gasteiger partial charge is 0.269 e. The standard InChI is InChI=1S/C18H18N4O3S/c1-12-9-13(22(24)25)7-8-14(12)19-17(23)10-21(2)11-18-20-15-5-3-4-6-16(15)26-18/h3-9H,10-11H2,1-2H3,(H,19,23). The van der Waals surface area contributed by atoms with Crippen molar-refractivity contribution in [1.29, 1.82) is 0 Å². The highest BCUT2D eigenvalue weighted by molar-refractivity contribution is 7.18. The Bertz CT molecular complexity index is 937. The maximum absolute atomic E-state index is 12.3. The van der Waals surface area contributed by atoms with Crippen LogP contribution in [0.5, 0.6) is 0 Å². The number of nitrogens with one attached hydrogen (secondary N) is 1. The molecule has 0 atom stereocenters. The number of benzene rings is 2. The molecule has 3 rings (SSSR count). The molecule has 1 aromatic heterocycles. The van der Waals surface area contributed by atoms with Crippen LogP contribution >= 0.6 is 11.3 Å². The molecular weight excluding hydrogens is 352 g/mol. The molecule has 0 radical (unpaired) electrons. The van der Waals surface area contributed by atoms with E-state index in [9.17, 15) is 14.9 Å². The Labute approximate surface area is 154 Å². The summed E-state index contributed by atoms with van der Waals surface area (Å²) in [7, 11) is 1.86. The molecule has 8 heteroatoms. The third-order valence-electron chi connectivity index (χ3n) is 3.85. The number of likely N-dealkylation sites (N-methyl/N-ethyl adjacent to an activating group) is 1. The summed E-state index contributed by atoms with van der Waals surface area (Å²) < 4.78 is 1.13. The highest BCUT2D eigenvalue weighted by Gasteiger charge is 2.13. The third-order valence-corrected chi connectivity index (χ3v) is 4.87. The molecule has 0 fully saturated rings. The van der Waals surface area contributed by atoms with Crippen molar-refractivity contribution in [1.82, 2.24) is 9.88 Å². The van der Waals surface area contributed by atoms with Crippen molar-refractivity contribution in [3.05, 3.63) is 63.1 Å². The van der Waals surface area contributed by atoms with Crippen molar-refractivity contribution in [2.24, 2.45) is 0 Å². The first-order chi connectivity index (χ1) is 12.4. The highest BCUT2D eigenvalue weighted by atomic mass is 32.1. The number of hydrogen-bond donors (Lipinski definition) is 1. The van der Waals surface area contributed by atoms with Gasteiger partial charge in [0.25, 0.3) is 5.69 Å². The van der Waals surface area contributed by atoms with Crippen LogP contribution in [0.2, 0.25) is 0 Å². The number of thiazole rings is 1. The van der Waals surface area contributed by atoms with Gasteiger partial charge >= 0.3 is 0 Å². The number of hydrogen-bond acceptors (Lipinski definition) is 6. The molecule has 1 N–H and O–H groups in total. The van der Waals surface area contributed by atoms with Gasteiger partial charge in [-0.1, -0.05) is 12.1 Å². The normalized spacial score (nSPS) is 11.0. The summed E-state index contributed by atoms with van der Waals surface area (Å²) in [6.07, 6.45) is 0. The monoisotopic (exact) mass is 370 g/mol. The Morgan fingerprint density at radius 3 is 2.77 bits per heavy atom. The number of carbonyl (C=O) groups excluding carboxylic acids is 1. The summed E-state index contributed by atoms with van der Waals surface area (Å²) >= 11 is 1.62. The fourth-order valence-electron chi connectivity index (χ4n) is 2.61. The Hall–Kier alpha value is -2.84. The SMILES string of the molecule is Cc1cc([N+](=O)[O-])ccc1NC(=O)CN(C)Cc1nc2ccccc2s1. The van der Waals surface area contributed by atoms with Crippen LogP contribution in [0.1, 0.15) is 10.6 Å². The van der Waals surface area contributed by atoms with Gasteiger partial charge in [0.15, 0.2) is 0 Å². The van der Waals surface area contributed by atoms with E-state index in [-0.39, 0.29) is 18.1 Å². The van der Waals surface area contributed by atoms with Crippen LogP contribution < -0.4 is 5.32 Å². The minimum absolute atomic E-state index is 0.00783. The summed E-state index contributed by atoms with van der Waals surface area (Å²) in [5.74, 6) is -0.175. The van der Waals surface area contributed by atoms with Crippen LogP contribution in [0.4, 0.5) is 11.4 Å². The molecule has 1 amide bonds. The summed E-state index contributed by atoms with van der Waals surface area (Å²) in [5, 5.41) is 14.5. The van der Waals surface area contributed by atoms with Gasteiger partial charge in [0.1, 0.15) is 5.01 Å². The van der Waals surface area contributed by atoms with Gasteiger partial charge in [-0.25, -0.2) is 4.98 Å². The predicted molar refractivity (Wildman–Crippen MR) is 102 cm³/mol. The van der Waals surface area contributed by atoms with Gasteiger partial charge in [-0.15, -0.1) is 11.3 Å². The minimum Gasteiger partial charge on any atom is -0.325 e. The van der Waals surface area contributed by atoms with Crippen LogP contribution in [-0.4, -0.2) is 34.3 Å². The van der Waals surface area contributed by atoms with Gasteiger partial charge in [-0.3, -0.25) is 19.8 Å². The summed E-state index contributed by atoms with van der Waals surface area (Å²) in [4.78, 5) is 29.0. The lowest BCUT2D eigenvalue weighted by molar-refractivity contribution is -0.384. The first kappa shape index (κ1) is 18.0. The highest BCUT2D eigenvalue weighted by Crippen LogP contribution is 2.23. The van der Waals surface area contributed by atoms with E-state index in [1.54, 1.807) is 24.3 Å². The van der Waals surface area contributed by atoms with Crippen molar-refractivity contribution in [2.75, 3.05) is 18.9 Å². The van der Waals surface area contributed by atoms with Crippen molar-refractivity contribution >= 4 is 38.8 Å². The third kappa shape index (κ3) is 4.22. The molecule has 0 saturated carbocycles. The van der Waals surface area contributed by atoms with Gasteiger partial charge in [0.2, 0.25) is 5.91 Å². The van der Waals surface area contributed by atoms with E-state index in [4.69, 9.17) is 0 Å². The predicted octanol–water partition coefficient (Wildman–Crippen LogP) is 3.58. The summed E-state index contributed by atoms with van der Waals surface area (Å²) in [6, 6.07) is 12.3. The van der Waals surface area contributed by atoms with Crippen molar-refractivity contribution < 1.29 is 9.72 Å². The molecule has 3 aromatic rings. The topological polar surface area (TPSA) is 88.4 Å². The Balaban J connectivity index is 1.59. The second kappa shape index (κ2) is 7.59. The molecule has 0 aliphatic heterocycles. The quantitative estimate of drug-likeness (QED) is 0.529. The average Bonchev–Trinajstić information content (AvgIpc) is 2.98. The number of aryl methyl sites for hydroxylation is 1. The lowest BCUT2D eigenvalue weighted by atomic mass is 10.2. The molecule has 7 nitrogen and oxygen atoms in total. The Morgan fingerprint density at radius 2 is 2.08 bits per heavy atom. The zero-order valence-corrected chi connectivity index (χ0v) is 15.2. The van der Waals surface area contributed by atoms with Crippen LogP contribution in [0.25, 0.3) is 10.2 Å². The second-order valence-corrected chi connectivity index (χ2v) is 7.17. The van der Waals surface area contributed by atoms with E-state index in [1.165, 1.54) is 12.1 Å². The van der Waals surface area contributed by atoms with E-state index in [2.05, 4.69) is 10.3 Å². The summed E-state index contributed by atoms with van der Waals surface area (Å²) in [6.45, 7) is 2.51. The van der Waals surface area contributed by atoms with Gasteiger partial charge in [0, 0.05) is 17.8 Å². The number of fused-ring (bicyclic) bond motifs is 1. The van der Waals surface area contributed by atoms with E-state index in [0.717, 1.165) is 15.2 Å². The molecule has 0 bridgehead atoms. The number of anilines is 1. The zero-order chi connectivity index (χ0) is 18.7. The average molecular weight is 370 g/mol. The number of rotatable bonds is 6. The fourth-order valence-corrected chi connectivity index (χ4v) is 3.66. The van der Waals surface area contributed by atoms with Crippen molar-refractivity contribution in [3.63, 3.8) is 0 Å². The minimum atomic E-state index is -0.454. The Morgan fingerprint density at radius 1 is 1.31 bits per heavy atom. The second-order valence-electron chi connectivity index (χ2n) is 6.05. The molecule has 0 aliphatic carbocycles. The van der Waals surface area contributed by atoms with Gasteiger partial charge in [0.05, 0.1) is 28.2 Å². The number of carbonyl (C=O) groups is 1. The van der Waals surface area contributed by atoms with Gasteiger partial charge in [-0.05, 0) is 37.7 Å². The maximum Gasteiger partial charge on any atom is 0.269 e. The van der Waals surface area contributed by atoms with E-state index < -0.39 is 4.92 Å². The van der Waals surface area contributed by atoms with Crippen LogP contribution in [-0.2, 0) is 11.3 Å². The molecule has 0 aliphatic rings. The van der Waals surface area contributed by atoms with E-state index >= 15 is 0 Å². The van der Waals surface area contributed by atoms with Gasteiger partial charge in [-0.2, -0.15) is 0 Å². The molecular formula is C18H18N4O3S. The van der Waals surface area contributed by atoms with E-state index in [0.29, 0.717) is 17.8 Å². The summed E-state index contributed by atoms with van der Waals surface area (Å²) in [5.41, 5.74) is 2.20. The number of nitro benzene ring substituents is 1. The number of aromatic nitrogens is 1. The van der Waals surface area contributed by atoms with Crippen LogP contribution in [0.3, 0.4) is 0 Å². The number of nitrogens with zero attached hydrogens (tertiary/aromatic N) is 3.